The second-order valence-electron chi connectivity index (χ2n) is 6.71. The minimum atomic E-state index is -3.00. The lowest BCUT2D eigenvalue weighted by Gasteiger charge is -2.31. The highest BCUT2D eigenvalue weighted by molar-refractivity contribution is 5.89. The second kappa shape index (κ2) is 6.33. The Morgan fingerprint density at radius 2 is 2.29 bits per heavy atom. The van der Waals surface area contributed by atoms with Crippen molar-refractivity contribution in [1.82, 2.24) is 4.90 Å². The molecule has 132 valence electrons. The Morgan fingerprint density at radius 3 is 3.00 bits per heavy atom. The molecule has 2 fully saturated rings. The zero-order chi connectivity index (χ0) is 20.0. The molecule has 3 rings (SSSR count). The Labute approximate surface area is 146 Å². The number of carbonyl (C=O) groups excluding carboxylic acids is 2. The fourth-order valence-electron chi connectivity index (χ4n) is 3.60. The fourth-order valence-corrected chi connectivity index (χ4v) is 3.60. The quantitative estimate of drug-likeness (QED) is 0.406. The van der Waals surface area contributed by atoms with E-state index in [1.807, 2.05) is 6.08 Å². The number of rotatable bonds is 0. The molecule has 3 heterocycles. The van der Waals surface area contributed by atoms with E-state index in [4.69, 9.17) is 13.6 Å². The summed E-state index contributed by atoms with van der Waals surface area (Å²) in [6.07, 6.45) is 3.68. The van der Waals surface area contributed by atoms with Gasteiger partial charge in [-0.25, -0.2) is 9.59 Å². The third-order valence-corrected chi connectivity index (χ3v) is 5.20. The van der Waals surface area contributed by atoms with Gasteiger partial charge >= 0.3 is 11.9 Å². The number of aliphatic hydroxyl groups is 1. The molecule has 0 spiro atoms. The highest BCUT2D eigenvalue weighted by Gasteiger charge is 2.45. The molecule has 0 unspecified atom stereocenters. The summed E-state index contributed by atoms with van der Waals surface area (Å²) in [5.74, 6) is -2.79. The van der Waals surface area contributed by atoms with Gasteiger partial charge in [-0.15, -0.1) is 0 Å². The second-order valence-corrected chi connectivity index (χ2v) is 6.71. The average Bonchev–Trinajstić information content (AvgIpc) is 3.17. The molecule has 2 saturated heterocycles. The number of hydrogen-bond acceptors (Lipinski definition) is 6. The first-order valence-corrected chi connectivity index (χ1v) is 8.28. The maximum Gasteiger partial charge on any atom is 0.338 e. The van der Waals surface area contributed by atoms with Crippen molar-refractivity contribution in [3.8, 4) is 0 Å². The van der Waals surface area contributed by atoms with Gasteiger partial charge in [0.1, 0.15) is 12.7 Å². The Kier molecular flexibility index (Phi) is 3.59. The van der Waals surface area contributed by atoms with Crippen LogP contribution in [0.3, 0.4) is 0 Å². The molecule has 1 N–H and O–H groups in total. The molecule has 3 aliphatic rings. The first kappa shape index (κ1) is 13.6. The molecule has 0 aromatic heterocycles. The highest BCUT2D eigenvalue weighted by atomic mass is 16.6. The molecule has 3 aliphatic heterocycles. The van der Waals surface area contributed by atoms with Crippen LogP contribution in [0.25, 0.3) is 0 Å². The van der Waals surface area contributed by atoms with Gasteiger partial charge in [-0.3, -0.25) is 4.90 Å². The molecule has 0 bridgehead atoms. The van der Waals surface area contributed by atoms with Crippen LogP contribution < -0.4 is 0 Å². The molecule has 0 aliphatic carbocycles. The van der Waals surface area contributed by atoms with E-state index in [0.29, 0.717) is 13.0 Å². The van der Waals surface area contributed by atoms with E-state index in [9.17, 15) is 14.7 Å². The predicted octanol–water partition coefficient (Wildman–Crippen LogP) is 1.19. The molecule has 6 heteroatoms. The molecule has 6 nitrogen and oxygen atoms in total. The summed E-state index contributed by atoms with van der Waals surface area (Å²) in [6, 6.07) is -0.183. The van der Waals surface area contributed by atoms with Crippen LogP contribution in [0.1, 0.15) is 37.7 Å². The van der Waals surface area contributed by atoms with E-state index in [1.165, 1.54) is 13.0 Å². The van der Waals surface area contributed by atoms with E-state index in [2.05, 4.69) is 4.90 Å². The van der Waals surface area contributed by atoms with Crippen molar-refractivity contribution in [2.24, 2.45) is 5.92 Å². The van der Waals surface area contributed by atoms with E-state index in [-0.39, 0.29) is 30.7 Å². The summed E-state index contributed by atoms with van der Waals surface area (Å²) in [7, 11) is 0. The molecule has 24 heavy (non-hydrogen) atoms. The number of nitrogens with zero attached hydrogens (tertiary/aromatic N) is 1. The van der Waals surface area contributed by atoms with Gasteiger partial charge < -0.3 is 14.6 Å². The lowest BCUT2D eigenvalue weighted by Crippen LogP contribution is -2.45. The molecule has 0 saturated carbocycles. The van der Waals surface area contributed by atoms with Crippen molar-refractivity contribution < 1.29 is 28.3 Å². The third-order valence-electron chi connectivity index (χ3n) is 5.20. The Bertz CT molecular complexity index is 702. The van der Waals surface area contributed by atoms with Crippen LogP contribution in [-0.4, -0.2) is 59.4 Å². The van der Waals surface area contributed by atoms with Crippen LogP contribution >= 0.6 is 0 Å². The third kappa shape index (κ3) is 2.89. The van der Waals surface area contributed by atoms with Gasteiger partial charge in [0.25, 0.3) is 0 Å². The lowest BCUT2D eigenvalue weighted by atomic mass is 9.85. The van der Waals surface area contributed by atoms with Crippen molar-refractivity contribution in [1.29, 1.82) is 0 Å². The predicted molar refractivity (Wildman–Crippen MR) is 87.1 cm³/mol. The summed E-state index contributed by atoms with van der Waals surface area (Å²) in [5.41, 5.74) is -1.71. The topological polar surface area (TPSA) is 76.1 Å². The van der Waals surface area contributed by atoms with Crippen molar-refractivity contribution in [2.45, 2.75) is 51.3 Å². The van der Waals surface area contributed by atoms with Crippen LogP contribution in [0, 0.1) is 5.92 Å². The van der Waals surface area contributed by atoms with Crippen LogP contribution in [-0.2, 0) is 19.1 Å². The van der Waals surface area contributed by atoms with E-state index in [0.717, 1.165) is 12.1 Å². The number of carbonyl (C=O) groups is 2. The smallest absolute Gasteiger partial charge is 0.338 e. The average molecular weight is 338 g/mol. The van der Waals surface area contributed by atoms with Crippen molar-refractivity contribution in [3.05, 3.63) is 23.3 Å². The van der Waals surface area contributed by atoms with Crippen LogP contribution in [0.4, 0.5) is 0 Å². The summed E-state index contributed by atoms with van der Waals surface area (Å²) in [6.45, 7) is 1.35. The maximum atomic E-state index is 12.7. The zero-order valence-electron chi connectivity index (χ0n) is 16.9. The first-order valence-electron chi connectivity index (χ1n) is 9.78. The minimum Gasteiger partial charge on any atom is -0.459 e. The van der Waals surface area contributed by atoms with Gasteiger partial charge in [0.05, 0.1) is 6.04 Å². The van der Waals surface area contributed by atoms with E-state index >= 15 is 0 Å². The number of allylic oxidation sites excluding steroid dienone is 1. The largest absolute Gasteiger partial charge is 0.459 e. The van der Waals surface area contributed by atoms with E-state index < -0.39 is 30.3 Å². The van der Waals surface area contributed by atoms with Gasteiger partial charge in [-0.05, 0) is 38.1 Å². The van der Waals surface area contributed by atoms with Crippen LogP contribution in [0.2, 0.25) is 0 Å². The van der Waals surface area contributed by atoms with Gasteiger partial charge in [0, 0.05) is 22.8 Å². The number of cyclic esters (lactones) is 1. The van der Waals surface area contributed by atoms with Crippen molar-refractivity contribution in [3.63, 3.8) is 0 Å². The first-order chi connectivity index (χ1) is 12.6. The minimum absolute atomic E-state index is 0.108. The number of esters is 2. The van der Waals surface area contributed by atoms with Crippen LogP contribution in [0.15, 0.2) is 23.3 Å². The van der Waals surface area contributed by atoms with Crippen LogP contribution in [0.5, 0.6) is 0 Å². The van der Waals surface area contributed by atoms with Gasteiger partial charge in [-0.2, -0.15) is 0 Å². The summed E-state index contributed by atoms with van der Waals surface area (Å²) in [5, 5.41) is 10.8. The SMILES string of the molecule is [2H]C([2H])([2H])[C@]1(O)C(=O)OCC2=CCN3CC[C@@H](OC(=O)/C(=C/C)C[C@H]1C)[C@@H]23. The highest BCUT2D eigenvalue weighted by Crippen LogP contribution is 2.34. The van der Waals surface area contributed by atoms with Gasteiger partial charge in [0.2, 0.25) is 0 Å². The van der Waals surface area contributed by atoms with E-state index in [1.54, 1.807) is 6.92 Å². The lowest BCUT2D eigenvalue weighted by molar-refractivity contribution is -0.169. The molecule has 0 amide bonds. The Balaban J connectivity index is 1.98. The molecule has 0 radical (unpaired) electrons. The summed E-state index contributed by atoms with van der Waals surface area (Å²) < 4.78 is 34.1. The normalized spacial score (nSPS) is 42.0. The monoisotopic (exact) mass is 338 g/mol. The maximum absolute atomic E-state index is 12.7. The fraction of sp³-hybridized carbons (Fsp3) is 0.667. The number of ether oxygens (including phenoxy) is 2. The van der Waals surface area contributed by atoms with Gasteiger partial charge in [-0.1, -0.05) is 19.1 Å². The Hall–Kier alpha value is -1.66. The summed E-state index contributed by atoms with van der Waals surface area (Å²) in [4.78, 5) is 27.4. The molecular formula is C18H25NO5. The van der Waals surface area contributed by atoms with Gasteiger partial charge in [0.15, 0.2) is 5.60 Å². The molecular weight excluding hydrogens is 310 g/mol. The summed E-state index contributed by atoms with van der Waals surface area (Å²) >= 11 is 0. The molecule has 4 atom stereocenters. The molecule has 0 aromatic rings. The molecule has 0 aromatic carbocycles. The van der Waals surface area contributed by atoms with Crippen molar-refractivity contribution >= 4 is 11.9 Å². The number of hydrogen-bond donors (Lipinski definition) is 1. The van der Waals surface area contributed by atoms with Crippen molar-refractivity contribution in [2.75, 3.05) is 19.7 Å². The Morgan fingerprint density at radius 1 is 1.50 bits per heavy atom. The standard InChI is InChI=1S/C18H25NO5/c1-4-12-9-11(2)18(3,22)17(21)23-10-13-5-7-19-8-6-14(15(13)19)24-16(12)20/h4-5,11,14-15,22H,6-10H2,1-3H3/b12-4+/t11-,14-,15-,18-/m1/s1/i3D3. The zero-order valence-corrected chi connectivity index (χ0v) is 13.9.